The lowest BCUT2D eigenvalue weighted by Gasteiger charge is -2.39. The zero-order valence-electron chi connectivity index (χ0n) is 15.5. The highest BCUT2D eigenvalue weighted by Crippen LogP contribution is 2.30. The third-order valence-electron chi connectivity index (χ3n) is 4.94. The average Bonchev–Trinajstić information content (AvgIpc) is 3.02. The lowest BCUT2D eigenvalue weighted by Crippen LogP contribution is -2.51. The van der Waals surface area contributed by atoms with Crippen molar-refractivity contribution in [3.63, 3.8) is 0 Å². The molecule has 138 valence electrons. The molecule has 3 heterocycles. The minimum Gasteiger partial charge on any atom is -0.351 e. The molecule has 1 saturated heterocycles. The van der Waals surface area contributed by atoms with E-state index in [4.69, 9.17) is 0 Å². The van der Waals surface area contributed by atoms with Gasteiger partial charge in [-0.3, -0.25) is 19.3 Å². The van der Waals surface area contributed by atoms with Gasteiger partial charge in [-0.2, -0.15) is 5.10 Å². The van der Waals surface area contributed by atoms with Crippen LogP contribution in [0.15, 0.2) is 30.7 Å². The van der Waals surface area contributed by atoms with E-state index in [1.54, 1.807) is 35.2 Å². The molecule has 1 aliphatic rings. The number of carbonyl (C=O) groups excluding carboxylic acids is 2. The second-order valence-electron chi connectivity index (χ2n) is 6.91. The third kappa shape index (κ3) is 3.92. The van der Waals surface area contributed by atoms with Crippen LogP contribution >= 0.6 is 0 Å². The van der Waals surface area contributed by atoms with Crippen LogP contribution in [0.5, 0.6) is 0 Å². The van der Waals surface area contributed by atoms with Gasteiger partial charge in [0.1, 0.15) is 0 Å². The first-order chi connectivity index (χ1) is 12.5. The number of piperidine rings is 1. The Bertz CT molecular complexity index is 801. The number of aryl methyl sites for hydroxylation is 3. The van der Waals surface area contributed by atoms with Gasteiger partial charge in [-0.05, 0) is 37.0 Å². The van der Waals surface area contributed by atoms with E-state index in [0.29, 0.717) is 25.7 Å². The highest BCUT2D eigenvalue weighted by atomic mass is 16.2. The lowest BCUT2D eigenvalue weighted by atomic mass is 9.93. The van der Waals surface area contributed by atoms with E-state index in [0.717, 1.165) is 16.8 Å². The summed E-state index contributed by atoms with van der Waals surface area (Å²) < 4.78 is 1.76. The van der Waals surface area contributed by atoms with Crippen LogP contribution in [-0.2, 0) is 23.1 Å². The zero-order chi connectivity index (χ0) is 18.7. The summed E-state index contributed by atoms with van der Waals surface area (Å²) >= 11 is 0. The molecule has 0 saturated carbocycles. The van der Waals surface area contributed by atoms with E-state index in [1.807, 2.05) is 26.1 Å². The number of nitrogens with zero attached hydrogens (tertiary/aromatic N) is 4. The molecule has 2 aromatic heterocycles. The number of hydrogen-bond acceptors (Lipinski definition) is 4. The number of pyridine rings is 1. The Morgan fingerprint density at radius 2 is 2.15 bits per heavy atom. The maximum absolute atomic E-state index is 12.5. The Morgan fingerprint density at radius 3 is 2.85 bits per heavy atom. The fraction of sp³-hybridized carbons (Fsp3) is 0.474. The summed E-state index contributed by atoms with van der Waals surface area (Å²) in [7, 11) is 3.64. The molecule has 1 aliphatic heterocycles. The van der Waals surface area contributed by atoms with Crippen molar-refractivity contribution in [3.8, 4) is 0 Å². The molecule has 2 amide bonds. The number of amides is 2. The van der Waals surface area contributed by atoms with Crippen LogP contribution in [-0.4, -0.2) is 44.6 Å². The van der Waals surface area contributed by atoms with E-state index >= 15 is 0 Å². The van der Waals surface area contributed by atoms with E-state index in [-0.39, 0.29) is 23.9 Å². The fourth-order valence-corrected chi connectivity index (χ4v) is 3.56. The summed E-state index contributed by atoms with van der Waals surface area (Å²) in [5.74, 6) is 0.0824. The Morgan fingerprint density at radius 1 is 1.35 bits per heavy atom. The minimum atomic E-state index is -0.201. The Labute approximate surface area is 153 Å². The standard InChI is InChI=1S/C19H25N5O2/c1-13-10-14(12-20-11-13)4-6-17(25)22-15-5-7-18(26)23(2)19(15)16-8-9-21-24(16)3/h8-12,15,19H,4-7H2,1-3H3,(H,22,25)/t15-,19-/m1/s1. The molecule has 0 bridgehead atoms. The normalized spacial score (nSPS) is 20.3. The second-order valence-corrected chi connectivity index (χ2v) is 6.91. The van der Waals surface area contributed by atoms with Crippen LogP contribution < -0.4 is 5.32 Å². The highest BCUT2D eigenvalue weighted by molar-refractivity contribution is 5.79. The molecular formula is C19H25N5O2. The molecule has 1 fully saturated rings. The van der Waals surface area contributed by atoms with Crippen molar-refractivity contribution in [1.82, 2.24) is 25.0 Å². The number of aromatic nitrogens is 3. The number of likely N-dealkylation sites (tertiary alicyclic amines) is 1. The lowest BCUT2D eigenvalue weighted by molar-refractivity contribution is -0.137. The number of carbonyl (C=O) groups is 2. The van der Waals surface area contributed by atoms with Crippen molar-refractivity contribution < 1.29 is 9.59 Å². The van der Waals surface area contributed by atoms with Gasteiger partial charge < -0.3 is 10.2 Å². The highest BCUT2D eigenvalue weighted by Gasteiger charge is 2.36. The molecule has 26 heavy (non-hydrogen) atoms. The predicted molar refractivity (Wildman–Crippen MR) is 97.2 cm³/mol. The van der Waals surface area contributed by atoms with Crippen molar-refractivity contribution in [3.05, 3.63) is 47.5 Å². The van der Waals surface area contributed by atoms with Crippen molar-refractivity contribution in [2.24, 2.45) is 7.05 Å². The molecule has 2 aromatic rings. The van der Waals surface area contributed by atoms with Gasteiger partial charge in [-0.15, -0.1) is 0 Å². The van der Waals surface area contributed by atoms with E-state index in [1.165, 1.54) is 0 Å². The van der Waals surface area contributed by atoms with E-state index < -0.39 is 0 Å². The van der Waals surface area contributed by atoms with Crippen molar-refractivity contribution in [2.75, 3.05) is 7.05 Å². The number of rotatable bonds is 5. The van der Waals surface area contributed by atoms with Crippen molar-refractivity contribution in [1.29, 1.82) is 0 Å². The smallest absolute Gasteiger partial charge is 0.223 e. The largest absolute Gasteiger partial charge is 0.351 e. The number of likely N-dealkylation sites (N-methyl/N-ethyl adjacent to an activating group) is 1. The van der Waals surface area contributed by atoms with Crippen LogP contribution in [0.1, 0.15) is 42.1 Å². The molecule has 0 aliphatic carbocycles. The van der Waals surface area contributed by atoms with Gasteiger partial charge in [-0.1, -0.05) is 6.07 Å². The summed E-state index contributed by atoms with van der Waals surface area (Å²) in [5, 5.41) is 7.33. The number of hydrogen-bond donors (Lipinski definition) is 1. The third-order valence-corrected chi connectivity index (χ3v) is 4.94. The molecule has 0 aromatic carbocycles. The second kappa shape index (κ2) is 7.68. The molecule has 3 rings (SSSR count). The monoisotopic (exact) mass is 355 g/mol. The van der Waals surface area contributed by atoms with Crippen LogP contribution in [0.4, 0.5) is 0 Å². The summed E-state index contributed by atoms with van der Waals surface area (Å²) in [6.45, 7) is 1.99. The SMILES string of the molecule is Cc1cncc(CCC(=O)N[C@@H]2CCC(=O)N(C)[C@H]2c2ccnn2C)c1. The first-order valence-corrected chi connectivity index (χ1v) is 8.89. The maximum atomic E-state index is 12.5. The Hall–Kier alpha value is -2.70. The van der Waals surface area contributed by atoms with E-state index in [2.05, 4.69) is 15.4 Å². The molecule has 0 spiro atoms. The topological polar surface area (TPSA) is 80.1 Å². The molecule has 2 atom stereocenters. The first-order valence-electron chi connectivity index (χ1n) is 8.89. The van der Waals surface area contributed by atoms with Crippen LogP contribution in [0.25, 0.3) is 0 Å². The minimum absolute atomic E-state index is 0.00794. The van der Waals surface area contributed by atoms with E-state index in [9.17, 15) is 9.59 Å². The van der Waals surface area contributed by atoms with Crippen LogP contribution in [0.3, 0.4) is 0 Å². The van der Waals surface area contributed by atoms with Crippen LogP contribution in [0.2, 0.25) is 0 Å². The van der Waals surface area contributed by atoms with Gasteiger partial charge in [0, 0.05) is 45.5 Å². The fourth-order valence-electron chi connectivity index (χ4n) is 3.56. The summed E-state index contributed by atoms with van der Waals surface area (Å²) in [5.41, 5.74) is 3.07. The quantitative estimate of drug-likeness (QED) is 0.882. The van der Waals surface area contributed by atoms with Gasteiger partial charge in [-0.25, -0.2) is 0 Å². The van der Waals surface area contributed by atoms with Crippen molar-refractivity contribution >= 4 is 11.8 Å². The molecule has 0 radical (unpaired) electrons. The van der Waals surface area contributed by atoms with Crippen molar-refractivity contribution in [2.45, 2.75) is 44.7 Å². The molecule has 1 N–H and O–H groups in total. The predicted octanol–water partition coefficient (Wildman–Crippen LogP) is 1.53. The molecule has 7 heteroatoms. The van der Waals surface area contributed by atoms with Gasteiger partial charge >= 0.3 is 0 Å². The first kappa shape index (κ1) is 18.1. The molecule has 0 unspecified atom stereocenters. The average molecular weight is 355 g/mol. The molecule has 7 nitrogen and oxygen atoms in total. The molecular weight excluding hydrogens is 330 g/mol. The zero-order valence-corrected chi connectivity index (χ0v) is 15.5. The van der Waals surface area contributed by atoms with Crippen LogP contribution in [0, 0.1) is 6.92 Å². The maximum Gasteiger partial charge on any atom is 0.223 e. The number of nitrogens with one attached hydrogen (secondary N) is 1. The van der Waals surface area contributed by atoms with Gasteiger partial charge in [0.05, 0.1) is 17.8 Å². The summed E-state index contributed by atoms with van der Waals surface area (Å²) in [6.07, 6.45) is 7.44. The van der Waals surface area contributed by atoms with Gasteiger partial charge in [0.25, 0.3) is 0 Å². The van der Waals surface area contributed by atoms with Gasteiger partial charge in [0.15, 0.2) is 0 Å². The van der Waals surface area contributed by atoms with Gasteiger partial charge in [0.2, 0.25) is 11.8 Å². The Kier molecular flexibility index (Phi) is 5.35. The summed E-state index contributed by atoms with van der Waals surface area (Å²) in [4.78, 5) is 30.5. The summed E-state index contributed by atoms with van der Waals surface area (Å²) in [6, 6.07) is 3.63. The Balaban J connectivity index is 1.67.